The highest BCUT2D eigenvalue weighted by Crippen LogP contribution is 2.36. The van der Waals surface area contributed by atoms with Gasteiger partial charge in [0, 0.05) is 24.2 Å². The number of likely N-dealkylation sites (N-methyl/N-ethyl adjacent to an activating group) is 1. The van der Waals surface area contributed by atoms with Crippen LogP contribution in [0.4, 0.5) is 9.18 Å². The van der Waals surface area contributed by atoms with E-state index in [-0.39, 0.29) is 18.0 Å². The number of rotatable bonds is 6. The highest BCUT2D eigenvalue weighted by Gasteiger charge is 2.48. The van der Waals surface area contributed by atoms with E-state index in [1.54, 1.807) is 4.90 Å². The van der Waals surface area contributed by atoms with Crippen LogP contribution < -0.4 is 21.5 Å². The lowest BCUT2D eigenvalue weighted by atomic mass is 10.0. The van der Waals surface area contributed by atoms with Crippen molar-refractivity contribution >= 4 is 11.9 Å². The first-order chi connectivity index (χ1) is 16.2. The lowest BCUT2D eigenvalue weighted by Crippen LogP contribution is -2.56. The molecular weight excluding hydrogens is 435 g/mol. The van der Waals surface area contributed by atoms with Gasteiger partial charge >= 0.3 is 6.03 Å². The van der Waals surface area contributed by atoms with Crippen LogP contribution in [0.15, 0.2) is 65.9 Å². The van der Waals surface area contributed by atoms with Crippen LogP contribution in [0.1, 0.15) is 35.8 Å². The zero-order valence-corrected chi connectivity index (χ0v) is 19.9. The minimum absolute atomic E-state index is 0.171. The lowest BCUT2D eigenvalue weighted by molar-refractivity contribution is 0.0934. The van der Waals surface area contributed by atoms with Gasteiger partial charge in [0.25, 0.3) is 5.91 Å². The summed E-state index contributed by atoms with van der Waals surface area (Å²) >= 11 is 0. The number of hydrogen-bond acceptors (Lipinski definition) is 5. The Bertz CT molecular complexity index is 1080. The van der Waals surface area contributed by atoms with Crippen molar-refractivity contribution in [3.05, 3.63) is 82.8 Å². The summed E-state index contributed by atoms with van der Waals surface area (Å²) in [5.74, 6) is -0.728. The maximum absolute atomic E-state index is 13.4. The molecule has 0 spiro atoms. The molecule has 2 heterocycles. The third-order valence-corrected chi connectivity index (χ3v) is 6.30. The molecule has 1 unspecified atom stereocenters. The molecule has 4 N–H and O–H groups in total. The molecule has 2 aromatic carbocycles. The number of carbonyl (C=O) groups excluding carboxylic acids is 2. The van der Waals surface area contributed by atoms with Crippen molar-refractivity contribution in [3.8, 4) is 0 Å². The normalized spacial score (nSPS) is 19.6. The maximum atomic E-state index is 13.4. The number of nitrogens with one attached hydrogen (secondary N) is 4. The first-order valence-corrected chi connectivity index (χ1v) is 11.3. The van der Waals surface area contributed by atoms with E-state index < -0.39 is 17.5 Å². The molecule has 0 bridgehead atoms. The summed E-state index contributed by atoms with van der Waals surface area (Å²) in [6.45, 7) is 4.95. The van der Waals surface area contributed by atoms with Crippen molar-refractivity contribution in [2.45, 2.75) is 31.6 Å². The first kappa shape index (κ1) is 23.7. The van der Waals surface area contributed by atoms with E-state index in [2.05, 4.69) is 21.5 Å². The second kappa shape index (κ2) is 9.44. The number of halogens is 1. The standard InChI is InChI=1S/C25H31FN6O2/c1-25(2)21-19(22(30-29-21)28-23(33)17-10-12-18(26)13-11-17)14-32(25)24(34)27-20(15-31(3)4)16-8-6-5-7-9-16/h5-13,20,22,29-30H,14-15H2,1-4H3,(H,27,34)(H,28,33)/t20-,22?/m1/s1. The summed E-state index contributed by atoms with van der Waals surface area (Å²) in [6.07, 6.45) is -0.490. The number of urea groups is 1. The predicted molar refractivity (Wildman–Crippen MR) is 128 cm³/mol. The molecule has 2 atom stereocenters. The Kier molecular flexibility index (Phi) is 6.58. The Labute approximate surface area is 199 Å². The van der Waals surface area contributed by atoms with Crippen LogP contribution in [0, 0.1) is 5.82 Å². The largest absolute Gasteiger partial charge is 0.331 e. The van der Waals surface area contributed by atoms with E-state index in [1.807, 2.05) is 63.2 Å². The summed E-state index contributed by atoms with van der Waals surface area (Å²) < 4.78 is 13.2. The fourth-order valence-corrected chi connectivity index (χ4v) is 4.45. The number of amides is 3. The van der Waals surface area contributed by atoms with Gasteiger partial charge < -0.3 is 25.9 Å². The van der Waals surface area contributed by atoms with E-state index in [9.17, 15) is 14.0 Å². The Morgan fingerprint density at radius 1 is 1.15 bits per heavy atom. The summed E-state index contributed by atoms with van der Waals surface area (Å²) in [4.78, 5) is 29.9. The molecule has 0 saturated heterocycles. The van der Waals surface area contributed by atoms with Crippen LogP contribution in [0.5, 0.6) is 0 Å². The van der Waals surface area contributed by atoms with E-state index in [4.69, 9.17) is 0 Å². The zero-order chi connectivity index (χ0) is 24.5. The van der Waals surface area contributed by atoms with Crippen molar-refractivity contribution in [1.82, 2.24) is 31.3 Å². The van der Waals surface area contributed by atoms with Gasteiger partial charge in [0.05, 0.1) is 17.3 Å². The number of hydrogen-bond donors (Lipinski definition) is 4. The molecule has 0 fully saturated rings. The SMILES string of the molecule is CN(C)C[C@@H](NC(=O)N1CC2=C(NNC2NC(=O)c2ccc(F)cc2)C1(C)C)c1ccccc1. The topological polar surface area (TPSA) is 88.7 Å². The van der Waals surface area contributed by atoms with Crippen LogP contribution in [0.25, 0.3) is 0 Å². The highest BCUT2D eigenvalue weighted by atomic mass is 19.1. The van der Waals surface area contributed by atoms with E-state index >= 15 is 0 Å². The minimum Gasteiger partial charge on any atom is -0.331 e. The number of benzene rings is 2. The highest BCUT2D eigenvalue weighted by molar-refractivity contribution is 5.94. The summed E-state index contributed by atoms with van der Waals surface area (Å²) in [7, 11) is 3.95. The quantitative estimate of drug-likeness (QED) is 0.525. The second-order valence-corrected chi connectivity index (χ2v) is 9.40. The van der Waals surface area contributed by atoms with Gasteiger partial charge in [0.15, 0.2) is 0 Å². The number of carbonyl (C=O) groups is 2. The average Bonchev–Trinajstić information content (AvgIpc) is 3.32. The molecule has 0 saturated carbocycles. The summed E-state index contributed by atoms with van der Waals surface area (Å²) in [6, 6.07) is 14.9. The molecule has 8 nitrogen and oxygen atoms in total. The lowest BCUT2D eigenvalue weighted by Gasteiger charge is -2.36. The van der Waals surface area contributed by atoms with Gasteiger partial charge in [0.2, 0.25) is 0 Å². The molecule has 2 aliphatic heterocycles. The molecule has 3 amide bonds. The molecule has 0 aliphatic carbocycles. The van der Waals surface area contributed by atoms with Gasteiger partial charge in [-0.15, -0.1) is 0 Å². The van der Waals surface area contributed by atoms with Crippen molar-refractivity contribution in [2.75, 3.05) is 27.2 Å². The summed E-state index contributed by atoms with van der Waals surface area (Å²) in [5.41, 5.74) is 8.76. The Hall–Kier alpha value is -3.43. The molecule has 180 valence electrons. The minimum atomic E-state index is -0.610. The maximum Gasteiger partial charge on any atom is 0.318 e. The van der Waals surface area contributed by atoms with Gasteiger partial charge in [-0.05, 0) is 57.8 Å². The fraction of sp³-hybridized carbons (Fsp3) is 0.360. The number of nitrogens with zero attached hydrogens (tertiary/aromatic N) is 2. The van der Waals surface area contributed by atoms with Crippen molar-refractivity contribution in [3.63, 3.8) is 0 Å². The molecule has 34 heavy (non-hydrogen) atoms. The van der Waals surface area contributed by atoms with Crippen LogP contribution >= 0.6 is 0 Å². The van der Waals surface area contributed by atoms with Crippen molar-refractivity contribution < 1.29 is 14.0 Å². The average molecular weight is 467 g/mol. The molecular formula is C25H31FN6O2. The van der Waals surface area contributed by atoms with Crippen molar-refractivity contribution in [1.29, 1.82) is 0 Å². The molecule has 9 heteroatoms. The Morgan fingerprint density at radius 2 is 1.82 bits per heavy atom. The molecule has 2 aromatic rings. The van der Waals surface area contributed by atoms with Crippen molar-refractivity contribution in [2.24, 2.45) is 0 Å². The second-order valence-electron chi connectivity index (χ2n) is 9.40. The summed E-state index contributed by atoms with van der Waals surface area (Å²) in [5, 5.41) is 6.10. The molecule has 0 aromatic heterocycles. The third-order valence-electron chi connectivity index (χ3n) is 6.30. The Morgan fingerprint density at radius 3 is 2.47 bits per heavy atom. The van der Waals surface area contributed by atoms with Gasteiger partial charge in [-0.3, -0.25) is 4.79 Å². The van der Waals surface area contributed by atoms with Crippen LogP contribution in [0.2, 0.25) is 0 Å². The van der Waals surface area contributed by atoms with E-state index in [1.165, 1.54) is 24.3 Å². The van der Waals surface area contributed by atoms with Crippen LogP contribution in [0.3, 0.4) is 0 Å². The van der Waals surface area contributed by atoms with Gasteiger partial charge in [-0.2, -0.15) is 0 Å². The van der Waals surface area contributed by atoms with Gasteiger partial charge in [-0.25, -0.2) is 14.6 Å². The Balaban J connectivity index is 1.47. The predicted octanol–water partition coefficient (Wildman–Crippen LogP) is 2.35. The van der Waals surface area contributed by atoms with Gasteiger partial charge in [-0.1, -0.05) is 30.3 Å². The van der Waals surface area contributed by atoms with Crippen LogP contribution in [-0.4, -0.2) is 60.6 Å². The van der Waals surface area contributed by atoms with E-state index in [0.29, 0.717) is 18.7 Å². The molecule has 4 rings (SSSR count). The third kappa shape index (κ3) is 4.76. The van der Waals surface area contributed by atoms with E-state index in [0.717, 1.165) is 16.8 Å². The number of hydrazine groups is 1. The molecule has 0 radical (unpaired) electrons. The first-order valence-electron chi connectivity index (χ1n) is 11.3. The van der Waals surface area contributed by atoms with Gasteiger partial charge in [0.1, 0.15) is 12.0 Å². The zero-order valence-electron chi connectivity index (χ0n) is 19.9. The molecule has 2 aliphatic rings. The monoisotopic (exact) mass is 466 g/mol. The fourth-order valence-electron chi connectivity index (χ4n) is 4.45. The van der Waals surface area contributed by atoms with Crippen LogP contribution in [-0.2, 0) is 0 Å². The smallest absolute Gasteiger partial charge is 0.318 e.